The van der Waals surface area contributed by atoms with E-state index in [-0.39, 0.29) is 29.8 Å². The SMILES string of the molecule is COC(=O)NC(C(=O)N1CCCC1c1ncc(-c2ccc3cc(-c4ccc5nc(C6CCCN6C(=O)C(NC(=O)OC)C6CCOCC6)[nH]c5c4)ccc3c2)[nH]1)c1ccccc1. The molecule has 0 saturated carbocycles. The van der Waals surface area contributed by atoms with Gasteiger partial charge in [0.15, 0.2) is 0 Å². The molecule has 4 N–H and O–H groups in total. The summed E-state index contributed by atoms with van der Waals surface area (Å²) in [4.78, 5) is 73.0. The topological polar surface area (TPSA) is 184 Å². The summed E-state index contributed by atoms with van der Waals surface area (Å²) in [5, 5.41) is 7.69. The van der Waals surface area contributed by atoms with Gasteiger partial charge in [0.2, 0.25) is 5.91 Å². The number of hydrogen-bond acceptors (Lipinski definition) is 9. The first-order chi connectivity index (χ1) is 30.3. The molecule has 4 amide bonds. The van der Waals surface area contributed by atoms with Crippen molar-refractivity contribution in [1.82, 2.24) is 40.4 Å². The maximum atomic E-state index is 14.1. The van der Waals surface area contributed by atoms with Crippen molar-refractivity contribution < 1.29 is 33.4 Å². The molecule has 0 bridgehead atoms. The number of aromatic nitrogens is 4. The minimum absolute atomic E-state index is 0.0348. The zero-order valence-corrected chi connectivity index (χ0v) is 34.8. The highest BCUT2D eigenvalue weighted by Gasteiger charge is 2.40. The Morgan fingerprint density at radius 2 is 1.34 bits per heavy atom. The number of imidazole rings is 2. The fraction of sp³-hybridized carbons (Fsp3) is 0.362. The van der Waals surface area contributed by atoms with Gasteiger partial charge in [0.1, 0.15) is 23.7 Å². The summed E-state index contributed by atoms with van der Waals surface area (Å²) in [6.07, 6.45) is 5.07. The van der Waals surface area contributed by atoms with Gasteiger partial charge in [-0.25, -0.2) is 19.6 Å². The van der Waals surface area contributed by atoms with Crippen LogP contribution in [0.4, 0.5) is 9.59 Å². The molecular weight excluding hydrogens is 789 g/mol. The lowest BCUT2D eigenvalue weighted by molar-refractivity contribution is -0.137. The standard InChI is InChI=1S/C47H50N8O7/c1-60-46(58)52-40(28-8-4-3-5-9-28)44(56)54-20-6-10-38(54)42-48-27-37(51-42)34-15-14-30-24-31(12-13-32(30)25-34)33-16-17-35-36(26-33)50-43(49-35)39-11-7-21-55(39)45(57)41(53-47(59)61-2)29-18-22-62-23-19-29/h3-5,8-9,12-17,24-27,29,38-41H,6-7,10-11,18-23H2,1-2H3,(H,48,51)(H,49,50)(H,52,58)(H,53,59). The highest BCUT2D eigenvalue weighted by molar-refractivity contribution is 5.92. The Labute approximate surface area is 358 Å². The monoisotopic (exact) mass is 838 g/mol. The number of likely N-dealkylation sites (tertiary alicyclic amines) is 2. The fourth-order valence-electron chi connectivity index (χ4n) is 9.31. The smallest absolute Gasteiger partial charge is 0.407 e. The van der Waals surface area contributed by atoms with Crippen LogP contribution in [0.3, 0.4) is 0 Å². The second-order valence-electron chi connectivity index (χ2n) is 16.2. The number of carbonyl (C=O) groups is 4. The average Bonchev–Trinajstić information content (AvgIpc) is 4.16. The summed E-state index contributed by atoms with van der Waals surface area (Å²) in [6.45, 7) is 2.25. The third-order valence-corrected chi connectivity index (χ3v) is 12.6. The van der Waals surface area contributed by atoms with Crippen molar-refractivity contribution in [2.24, 2.45) is 5.92 Å². The van der Waals surface area contributed by atoms with Crippen LogP contribution in [0.25, 0.3) is 44.2 Å². The molecule has 0 radical (unpaired) electrons. The lowest BCUT2D eigenvalue weighted by atomic mass is 9.90. The number of alkyl carbamates (subject to hydrolysis) is 2. The Hall–Kier alpha value is -6.74. The summed E-state index contributed by atoms with van der Waals surface area (Å²) in [7, 11) is 2.59. The maximum absolute atomic E-state index is 14.1. The average molecular weight is 839 g/mol. The van der Waals surface area contributed by atoms with Crippen LogP contribution in [0.5, 0.6) is 0 Å². The van der Waals surface area contributed by atoms with E-state index in [2.05, 4.69) is 69.1 Å². The number of fused-ring (bicyclic) bond motifs is 2. The normalized spacial score (nSPS) is 19.1. The number of methoxy groups -OCH3 is 2. The Morgan fingerprint density at radius 1 is 0.710 bits per heavy atom. The van der Waals surface area contributed by atoms with E-state index in [4.69, 9.17) is 24.2 Å². The highest BCUT2D eigenvalue weighted by Crippen LogP contribution is 2.37. The van der Waals surface area contributed by atoms with Gasteiger partial charge in [-0.05, 0) is 96.2 Å². The lowest BCUT2D eigenvalue weighted by Gasteiger charge is -2.34. The predicted octanol–water partition coefficient (Wildman–Crippen LogP) is 7.35. The van der Waals surface area contributed by atoms with E-state index in [1.54, 1.807) is 4.90 Å². The van der Waals surface area contributed by atoms with E-state index in [0.29, 0.717) is 50.5 Å². The van der Waals surface area contributed by atoms with Crippen LogP contribution in [0, 0.1) is 5.92 Å². The van der Waals surface area contributed by atoms with Crippen LogP contribution < -0.4 is 10.6 Å². The molecule has 15 nitrogen and oxygen atoms in total. The van der Waals surface area contributed by atoms with E-state index < -0.39 is 24.3 Å². The molecular formula is C47H50N8O7. The summed E-state index contributed by atoms with van der Waals surface area (Å²) < 4.78 is 15.3. The maximum Gasteiger partial charge on any atom is 0.407 e. The zero-order chi connectivity index (χ0) is 42.7. The largest absolute Gasteiger partial charge is 0.453 e. The number of rotatable bonds is 10. The zero-order valence-electron chi connectivity index (χ0n) is 34.8. The molecule has 320 valence electrons. The fourth-order valence-corrected chi connectivity index (χ4v) is 9.31. The first-order valence-corrected chi connectivity index (χ1v) is 21.3. The Balaban J connectivity index is 0.908. The molecule has 3 aliphatic heterocycles. The molecule has 0 spiro atoms. The summed E-state index contributed by atoms with van der Waals surface area (Å²) in [6, 6.07) is 26.0. The van der Waals surface area contributed by atoms with Crippen LogP contribution in [0.15, 0.2) is 91.1 Å². The van der Waals surface area contributed by atoms with Gasteiger partial charge in [0.25, 0.3) is 5.91 Å². The number of nitrogens with one attached hydrogen (secondary N) is 4. The van der Waals surface area contributed by atoms with Crippen molar-refractivity contribution in [1.29, 1.82) is 0 Å². The molecule has 62 heavy (non-hydrogen) atoms. The van der Waals surface area contributed by atoms with Crippen molar-refractivity contribution in [3.63, 3.8) is 0 Å². The van der Waals surface area contributed by atoms with Gasteiger partial charge >= 0.3 is 12.2 Å². The molecule has 6 aromatic rings. The van der Waals surface area contributed by atoms with Gasteiger partial charge in [-0.3, -0.25) is 9.59 Å². The van der Waals surface area contributed by atoms with Crippen LogP contribution in [-0.2, 0) is 23.8 Å². The molecule has 4 atom stereocenters. The molecule has 9 rings (SSSR count). The van der Waals surface area contributed by atoms with Gasteiger partial charge in [-0.15, -0.1) is 0 Å². The van der Waals surface area contributed by atoms with Crippen molar-refractivity contribution in [3.8, 4) is 22.4 Å². The molecule has 15 heteroatoms. The van der Waals surface area contributed by atoms with E-state index in [0.717, 1.165) is 75.7 Å². The van der Waals surface area contributed by atoms with Gasteiger partial charge in [0, 0.05) is 31.9 Å². The van der Waals surface area contributed by atoms with Gasteiger partial charge in [-0.1, -0.05) is 60.7 Å². The molecule has 5 heterocycles. The quantitative estimate of drug-likeness (QED) is 0.110. The molecule has 3 fully saturated rings. The van der Waals surface area contributed by atoms with Gasteiger partial charge < -0.3 is 44.6 Å². The third kappa shape index (κ3) is 8.19. The van der Waals surface area contributed by atoms with Crippen LogP contribution in [0.1, 0.15) is 73.9 Å². The van der Waals surface area contributed by atoms with Crippen molar-refractivity contribution in [2.45, 2.75) is 62.7 Å². The second-order valence-corrected chi connectivity index (χ2v) is 16.2. The molecule has 0 aliphatic carbocycles. The summed E-state index contributed by atoms with van der Waals surface area (Å²) in [5.41, 5.74) is 6.29. The minimum Gasteiger partial charge on any atom is -0.453 e. The number of hydrogen-bond donors (Lipinski definition) is 4. The summed E-state index contributed by atoms with van der Waals surface area (Å²) >= 11 is 0. The minimum atomic E-state index is -0.886. The van der Waals surface area contributed by atoms with Crippen molar-refractivity contribution >= 4 is 45.8 Å². The Bertz CT molecular complexity index is 2600. The highest BCUT2D eigenvalue weighted by atomic mass is 16.5. The van der Waals surface area contributed by atoms with Crippen LogP contribution in [0.2, 0.25) is 0 Å². The van der Waals surface area contributed by atoms with E-state index in [9.17, 15) is 19.2 Å². The number of benzene rings is 4. The first-order valence-electron chi connectivity index (χ1n) is 21.3. The first kappa shape index (κ1) is 40.7. The number of aromatic amines is 2. The van der Waals surface area contributed by atoms with Gasteiger partial charge in [-0.2, -0.15) is 0 Å². The van der Waals surface area contributed by atoms with E-state index in [1.165, 1.54) is 14.2 Å². The molecule has 3 saturated heterocycles. The number of carbonyl (C=O) groups excluding carboxylic acids is 4. The van der Waals surface area contributed by atoms with Gasteiger partial charge in [0.05, 0.1) is 49.2 Å². The Kier molecular flexibility index (Phi) is 11.6. The number of H-pyrrole nitrogens is 2. The lowest BCUT2D eigenvalue weighted by Crippen LogP contribution is -2.53. The number of nitrogens with zero attached hydrogens (tertiary/aromatic N) is 4. The van der Waals surface area contributed by atoms with E-state index >= 15 is 0 Å². The Morgan fingerprint density at radius 3 is 2.06 bits per heavy atom. The molecule has 4 unspecified atom stereocenters. The molecule has 4 aromatic carbocycles. The van der Waals surface area contributed by atoms with E-state index in [1.807, 2.05) is 47.5 Å². The van der Waals surface area contributed by atoms with Crippen molar-refractivity contribution in [3.05, 3.63) is 108 Å². The summed E-state index contributed by atoms with van der Waals surface area (Å²) in [5.74, 6) is 1.07. The van der Waals surface area contributed by atoms with Crippen LogP contribution >= 0.6 is 0 Å². The second kappa shape index (κ2) is 17.7. The van der Waals surface area contributed by atoms with Crippen LogP contribution in [-0.4, -0.2) is 100 Å². The predicted molar refractivity (Wildman–Crippen MR) is 232 cm³/mol. The molecule has 2 aromatic heterocycles. The number of ether oxygens (including phenoxy) is 3. The molecule has 3 aliphatic rings. The third-order valence-electron chi connectivity index (χ3n) is 12.6. The van der Waals surface area contributed by atoms with Crippen molar-refractivity contribution in [2.75, 3.05) is 40.5 Å². The number of amides is 4.